The van der Waals surface area contributed by atoms with Crippen LogP contribution in [0.2, 0.25) is 5.02 Å². The van der Waals surface area contributed by atoms with E-state index >= 15 is 0 Å². The lowest BCUT2D eigenvalue weighted by molar-refractivity contribution is -0.118. The van der Waals surface area contributed by atoms with Crippen molar-refractivity contribution in [3.63, 3.8) is 0 Å². The summed E-state index contributed by atoms with van der Waals surface area (Å²) >= 11 is 7.29. The van der Waals surface area contributed by atoms with Crippen molar-refractivity contribution in [3.05, 3.63) is 41.0 Å². The molecule has 130 valence electrons. The fourth-order valence-corrected chi connectivity index (χ4v) is 2.97. The van der Waals surface area contributed by atoms with E-state index in [0.29, 0.717) is 39.9 Å². The van der Waals surface area contributed by atoms with Gasteiger partial charge in [-0.2, -0.15) is 4.98 Å². The molecule has 0 fully saturated rings. The summed E-state index contributed by atoms with van der Waals surface area (Å²) in [6, 6.07) is 7.21. The van der Waals surface area contributed by atoms with Crippen LogP contribution in [-0.2, 0) is 24.0 Å². The van der Waals surface area contributed by atoms with Gasteiger partial charge in [-0.25, -0.2) is 0 Å². The third kappa shape index (κ3) is 4.37. The minimum absolute atomic E-state index is 0.241. The van der Waals surface area contributed by atoms with Gasteiger partial charge in [-0.05, 0) is 24.3 Å². The molecule has 3 rings (SSSR count). The number of hydrogen-bond donors (Lipinski definition) is 1. The molecule has 2 heterocycles. The first-order valence-corrected chi connectivity index (χ1v) is 8.77. The Labute approximate surface area is 152 Å². The van der Waals surface area contributed by atoms with E-state index in [2.05, 4.69) is 20.3 Å². The van der Waals surface area contributed by atoms with Gasteiger partial charge in [0.2, 0.25) is 17.6 Å². The zero-order chi connectivity index (χ0) is 17.8. The minimum atomic E-state index is -0.363. The second-order valence-electron chi connectivity index (χ2n) is 5.23. The number of primary amides is 1. The summed E-state index contributed by atoms with van der Waals surface area (Å²) in [5, 5.41) is 13.5. The molecule has 0 radical (unpaired) electrons. The molecular formula is C15H15ClN6O2S. The highest BCUT2D eigenvalue weighted by Crippen LogP contribution is 2.23. The zero-order valence-electron chi connectivity index (χ0n) is 13.3. The van der Waals surface area contributed by atoms with E-state index in [4.69, 9.17) is 21.9 Å². The maximum atomic E-state index is 10.9. The quantitative estimate of drug-likeness (QED) is 0.627. The number of aryl methyl sites for hydroxylation is 1. The Bertz CT molecular complexity index is 877. The zero-order valence-corrected chi connectivity index (χ0v) is 14.9. The average Bonchev–Trinajstić information content (AvgIpc) is 3.19. The predicted molar refractivity (Wildman–Crippen MR) is 92.8 cm³/mol. The van der Waals surface area contributed by atoms with E-state index in [1.165, 1.54) is 11.8 Å². The van der Waals surface area contributed by atoms with Crippen LogP contribution in [0.25, 0.3) is 11.4 Å². The minimum Gasteiger partial charge on any atom is -0.370 e. The van der Waals surface area contributed by atoms with Crippen LogP contribution in [0, 0.1) is 0 Å². The summed E-state index contributed by atoms with van der Waals surface area (Å²) in [6.07, 6.45) is 0.700. The third-order valence-corrected chi connectivity index (χ3v) is 4.67. The van der Waals surface area contributed by atoms with Crippen LogP contribution < -0.4 is 5.73 Å². The van der Waals surface area contributed by atoms with E-state index in [1.54, 1.807) is 12.1 Å². The highest BCUT2D eigenvalue weighted by Gasteiger charge is 2.13. The molecule has 0 saturated carbocycles. The van der Waals surface area contributed by atoms with Crippen LogP contribution in [0.4, 0.5) is 0 Å². The Morgan fingerprint density at radius 2 is 2.08 bits per heavy atom. The summed E-state index contributed by atoms with van der Waals surface area (Å²) in [7, 11) is 1.84. The van der Waals surface area contributed by atoms with Crippen molar-refractivity contribution in [3.8, 4) is 11.4 Å². The summed E-state index contributed by atoms with van der Waals surface area (Å²) < 4.78 is 7.09. The number of amides is 1. The molecule has 1 amide bonds. The lowest BCUT2D eigenvalue weighted by Gasteiger charge is -2.01. The van der Waals surface area contributed by atoms with Crippen molar-refractivity contribution in [1.29, 1.82) is 0 Å². The van der Waals surface area contributed by atoms with Crippen LogP contribution in [-0.4, -0.2) is 30.8 Å². The number of nitrogens with two attached hydrogens (primary N) is 1. The van der Waals surface area contributed by atoms with E-state index in [1.807, 2.05) is 23.7 Å². The van der Waals surface area contributed by atoms with E-state index in [0.717, 1.165) is 5.56 Å². The van der Waals surface area contributed by atoms with Gasteiger partial charge < -0.3 is 14.8 Å². The van der Waals surface area contributed by atoms with Crippen molar-refractivity contribution < 1.29 is 9.32 Å². The van der Waals surface area contributed by atoms with E-state index in [-0.39, 0.29) is 12.3 Å². The molecule has 10 heteroatoms. The van der Waals surface area contributed by atoms with E-state index < -0.39 is 0 Å². The van der Waals surface area contributed by atoms with Crippen molar-refractivity contribution in [2.45, 2.75) is 23.8 Å². The average molecular weight is 379 g/mol. The second-order valence-corrected chi connectivity index (χ2v) is 6.61. The van der Waals surface area contributed by atoms with Crippen LogP contribution in [0.5, 0.6) is 0 Å². The lowest BCUT2D eigenvalue weighted by Crippen LogP contribution is -2.12. The van der Waals surface area contributed by atoms with Crippen LogP contribution in [0.1, 0.15) is 18.1 Å². The number of carbonyl (C=O) groups is 1. The molecule has 0 atom stereocenters. The number of hydrogen-bond acceptors (Lipinski definition) is 7. The first kappa shape index (κ1) is 17.4. The first-order chi connectivity index (χ1) is 12.0. The van der Waals surface area contributed by atoms with Crippen molar-refractivity contribution >= 4 is 29.3 Å². The van der Waals surface area contributed by atoms with Gasteiger partial charge in [-0.1, -0.05) is 28.5 Å². The Kier molecular flexibility index (Phi) is 5.34. The highest BCUT2D eigenvalue weighted by molar-refractivity contribution is 7.98. The van der Waals surface area contributed by atoms with E-state index in [9.17, 15) is 4.79 Å². The van der Waals surface area contributed by atoms with Gasteiger partial charge in [0, 0.05) is 30.5 Å². The first-order valence-electron chi connectivity index (χ1n) is 7.41. The van der Waals surface area contributed by atoms with Crippen LogP contribution in [0.15, 0.2) is 33.9 Å². The maximum absolute atomic E-state index is 10.9. The highest BCUT2D eigenvalue weighted by atomic mass is 35.5. The molecule has 0 saturated heterocycles. The summed E-state index contributed by atoms with van der Waals surface area (Å²) in [4.78, 5) is 15.2. The molecule has 0 aliphatic heterocycles. The van der Waals surface area contributed by atoms with Gasteiger partial charge in [-0.15, -0.1) is 10.2 Å². The largest absolute Gasteiger partial charge is 0.370 e. The fourth-order valence-electron chi connectivity index (χ4n) is 2.08. The Balaban J connectivity index is 1.63. The number of benzene rings is 1. The van der Waals surface area contributed by atoms with Gasteiger partial charge >= 0.3 is 0 Å². The molecular weight excluding hydrogens is 364 g/mol. The smallest absolute Gasteiger partial charge is 0.237 e. The number of carbonyl (C=O) groups excluding carboxylic acids is 1. The standard InChI is InChI=1S/C15H15ClN6O2S/c1-22-12(7-6-11(17)23)19-20-15(22)25-8-13-18-14(21-24-13)9-2-4-10(16)5-3-9/h2-5H,6-8H2,1H3,(H2,17,23). The Morgan fingerprint density at radius 1 is 1.32 bits per heavy atom. The summed E-state index contributed by atoms with van der Waals surface area (Å²) in [5.41, 5.74) is 5.98. The van der Waals surface area contributed by atoms with Crippen LogP contribution >= 0.6 is 23.4 Å². The summed E-state index contributed by atoms with van der Waals surface area (Å²) in [6.45, 7) is 0. The molecule has 25 heavy (non-hydrogen) atoms. The number of halogens is 1. The molecule has 1 aromatic carbocycles. The third-order valence-electron chi connectivity index (χ3n) is 3.42. The maximum Gasteiger partial charge on any atom is 0.237 e. The van der Waals surface area contributed by atoms with Gasteiger partial charge in [0.25, 0.3) is 0 Å². The molecule has 2 aromatic heterocycles. The normalized spacial score (nSPS) is 11.0. The van der Waals surface area contributed by atoms with Gasteiger partial charge in [0.05, 0.1) is 5.75 Å². The predicted octanol–water partition coefficient (Wildman–Crippen LogP) is 2.23. The molecule has 0 spiro atoms. The topological polar surface area (TPSA) is 113 Å². The van der Waals surface area contributed by atoms with Crippen molar-refractivity contribution in [1.82, 2.24) is 24.9 Å². The monoisotopic (exact) mass is 378 g/mol. The number of nitrogens with zero attached hydrogens (tertiary/aromatic N) is 5. The molecule has 3 aromatic rings. The molecule has 0 bridgehead atoms. The summed E-state index contributed by atoms with van der Waals surface area (Å²) in [5.74, 6) is 1.79. The molecule has 2 N–H and O–H groups in total. The molecule has 0 aliphatic rings. The molecule has 0 unspecified atom stereocenters. The fraction of sp³-hybridized carbons (Fsp3) is 0.267. The van der Waals surface area contributed by atoms with Gasteiger partial charge in [0.15, 0.2) is 5.16 Å². The van der Waals surface area contributed by atoms with Gasteiger partial charge in [0.1, 0.15) is 5.82 Å². The molecule has 0 aliphatic carbocycles. The number of rotatable bonds is 7. The van der Waals surface area contributed by atoms with Crippen molar-refractivity contribution in [2.24, 2.45) is 12.8 Å². The number of aromatic nitrogens is 5. The van der Waals surface area contributed by atoms with Crippen LogP contribution in [0.3, 0.4) is 0 Å². The number of thioether (sulfide) groups is 1. The van der Waals surface area contributed by atoms with Gasteiger partial charge in [-0.3, -0.25) is 4.79 Å². The van der Waals surface area contributed by atoms with Crippen molar-refractivity contribution in [2.75, 3.05) is 0 Å². The lowest BCUT2D eigenvalue weighted by atomic mass is 10.2. The second kappa shape index (κ2) is 7.66. The SMILES string of the molecule is Cn1c(CCC(N)=O)nnc1SCc1nc(-c2ccc(Cl)cc2)no1. The molecule has 8 nitrogen and oxygen atoms in total. The Hall–Kier alpha value is -2.39. The Morgan fingerprint density at radius 3 is 2.80 bits per heavy atom.